The molecule has 32 heavy (non-hydrogen) atoms. The number of fused-ring (bicyclic) bond motifs is 1. The molecule has 11 heteroatoms. The van der Waals surface area contributed by atoms with Crippen molar-refractivity contribution < 1.29 is 9.53 Å². The van der Waals surface area contributed by atoms with E-state index in [4.69, 9.17) is 27.9 Å². The number of hydrogen-bond donors (Lipinski definition) is 1. The summed E-state index contributed by atoms with van der Waals surface area (Å²) in [5, 5.41) is 3.14. The van der Waals surface area contributed by atoms with Gasteiger partial charge in [0.05, 0.1) is 5.02 Å². The quantitative estimate of drug-likeness (QED) is 0.448. The van der Waals surface area contributed by atoms with Crippen molar-refractivity contribution in [2.75, 3.05) is 5.32 Å². The van der Waals surface area contributed by atoms with Crippen molar-refractivity contribution in [3.63, 3.8) is 0 Å². The molecule has 0 fully saturated rings. The number of aromatic nitrogens is 4. The molecule has 1 amide bonds. The maximum atomic E-state index is 12.6. The van der Waals surface area contributed by atoms with Crippen LogP contribution in [0.15, 0.2) is 58.1 Å². The zero-order chi connectivity index (χ0) is 23.0. The second kappa shape index (κ2) is 8.52. The number of hydrogen-bond acceptors (Lipinski definition) is 5. The number of anilines is 1. The first-order valence-corrected chi connectivity index (χ1v) is 10.2. The Balaban J connectivity index is 1.53. The van der Waals surface area contributed by atoms with Crippen LogP contribution in [0, 0.1) is 0 Å². The zero-order valence-corrected chi connectivity index (χ0v) is 18.5. The van der Waals surface area contributed by atoms with Gasteiger partial charge < -0.3 is 10.1 Å². The number of nitrogens with zero attached hydrogens (tertiary/aromatic N) is 4. The molecule has 0 atom stereocenters. The van der Waals surface area contributed by atoms with Gasteiger partial charge in [0.25, 0.3) is 5.56 Å². The van der Waals surface area contributed by atoms with E-state index in [1.165, 1.54) is 23.2 Å². The maximum absolute atomic E-state index is 12.6. The van der Waals surface area contributed by atoms with Gasteiger partial charge in [-0.3, -0.25) is 23.3 Å². The van der Waals surface area contributed by atoms with Crippen LogP contribution in [-0.4, -0.2) is 24.6 Å². The Morgan fingerprint density at radius 1 is 1.03 bits per heavy atom. The topological polar surface area (TPSA) is 100 Å². The second-order valence-corrected chi connectivity index (χ2v) is 7.70. The van der Waals surface area contributed by atoms with Gasteiger partial charge in [-0.05, 0) is 48.0 Å². The number of amides is 1. The number of benzene rings is 2. The fourth-order valence-corrected chi connectivity index (χ4v) is 3.57. The van der Waals surface area contributed by atoms with E-state index in [9.17, 15) is 14.4 Å². The van der Waals surface area contributed by atoms with Gasteiger partial charge >= 0.3 is 5.69 Å². The minimum atomic E-state index is -0.587. The van der Waals surface area contributed by atoms with Gasteiger partial charge in [-0.1, -0.05) is 23.7 Å². The molecule has 0 spiro atoms. The van der Waals surface area contributed by atoms with E-state index in [1.807, 2.05) is 6.07 Å². The van der Waals surface area contributed by atoms with Gasteiger partial charge in [0.15, 0.2) is 11.2 Å². The average molecular weight is 474 g/mol. The van der Waals surface area contributed by atoms with E-state index in [2.05, 4.69) is 10.3 Å². The summed E-state index contributed by atoms with van der Waals surface area (Å²) in [6.07, 6.45) is 0. The zero-order valence-electron chi connectivity index (χ0n) is 17.0. The van der Waals surface area contributed by atoms with E-state index >= 15 is 0 Å². The van der Waals surface area contributed by atoms with Gasteiger partial charge in [-0.15, -0.1) is 0 Å². The molecule has 0 aliphatic heterocycles. The summed E-state index contributed by atoms with van der Waals surface area (Å²) in [6.45, 7) is -0.263. The fraction of sp³-hybridized carbons (Fsp3) is 0.143. The number of rotatable bonds is 5. The molecule has 164 valence electrons. The lowest BCUT2D eigenvalue weighted by Crippen LogP contribution is -2.37. The first-order chi connectivity index (χ1) is 15.3. The van der Waals surface area contributed by atoms with Crippen LogP contribution in [0.4, 0.5) is 5.69 Å². The van der Waals surface area contributed by atoms with Gasteiger partial charge in [-0.2, -0.15) is 4.98 Å². The molecule has 0 radical (unpaired) electrons. The summed E-state index contributed by atoms with van der Waals surface area (Å²) in [7, 11) is 2.83. The standard InChI is InChI=1S/C21H17Cl2N5O4/c1-26-18-17(19(30)27(2)21(26)31)28(20(23)25-18)11-16(29)24-12-7-9-13(10-8-12)32-15-6-4-3-5-14(15)22/h3-10H,11H2,1-2H3,(H,24,29). The third kappa shape index (κ3) is 4.00. The summed E-state index contributed by atoms with van der Waals surface area (Å²) in [5.74, 6) is 0.634. The van der Waals surface area contributed by atoms with E-state index < -0.39 is 17.2 Å². The molecule has 0 saturated carbocycles. The first kappa shape index (κ1) is 21.7. The van der Waals surface area contributed by atoms with E-state index in [0.29, 0.717) is 22.2 Å². The van der Waals surface area contributed by atoms with Crippen LogP contribution in [0.2, 0.25) is 10.3 Å². The van der Waals surface area contributed by atoms with Crippen molar-refractivity contribution in [2.45, 2.75) is 6.54 Å². The maximum Gasteiger partial charge on any atom is 0.332 e. The summed E-state index contributed by atoms with van der Waals surface area (Å²) in [5.41, 5.74) is -0.429. The van der Waals surface area contributed by atoms with Crippen LogP contribution in [0.3, 0.4) is 0 Å². The van der Waals surface area contributed by atoms with Crippen molar-refractivity contribution in [3.8, 4) is 11.5 Å². The van der Waals surface area contributed by atoms with Crippen LogP contribution >= 0.6 is 23.2 Å². The van der Waals surface area contributed by atoms with E-state index in [1.54, 1.807) is 42.5 Å². The predicted molar refractivity (Wildman–Crippen MR) is 122 cm³/mol. The highest BCUT2D eigenvalue weighted by molar-refractivity contribution is 6.32. The SMILES string of the molecule is Cn1c(=O)c2c(nc(Cl)n2CC(=O)Nc2ccc(Oc3ccccc3Cl)cc2)n(C)c1=O. The third-order valence-corrected chi connectivity index (χ3v) is 5.41. The number of imidazole rings is 1. The molecular formula is C21H17Cl2N5O4. The number of carbonyl (C=O) groups is 1. The molecule has 2 heterocycles. The lowest BCUT2D eigenvalue weighted by atomic mass is 10.3. The molecule has 2 aromatic heterocycles. The van der Waals surface area contributed by atoms with Crippen molar-refractivity contribution >= 4 is 46.0 Å². The van der Waals surface area contributed by atoms with Gasteiger partial charge in [0, 0.05) is 19.8 Å². The number of aryl methyl sites for hydroxylation is 1. The number of nitrogens with one attached hydrogen (secondary N) is 1. The largest absolute Gasteiger partial charge is 0.456 e. The molecule has 0 saturated heterocycles. The molecule has 0 bridgehead atoms. The van der Waals surface area contributed by atoms with E-state index in [0.717, 1.165) is 4.57 Å². The molecule has 2 aromatic carbocycles. The third-order valence-electron chi connectivity index (χ3n) is 4.81. The van der Waals surface area contributed by atoms with Crippen molar-refractivity contribution in [1.82, 2.24) is 18.7 Å². The Kier molecular flexibility index (Phi) is 5.77. The molecular weight excluding hydrogens is 457 g/mol. The molecule has 0 aliphatic carbocycles. The van der Waals surface area contributed by atoms with Gasteiger partial charge in [-0.25, -0.2) is 4.79 Å². The summed E-state index contributed by atoms with van der Waals surface area (Å²) in [4.78, 5) is 41.3. The van der Waals surface area contributed by atoms with Crippen LogP contribution < -0.4 is 21.3 Å². The van der Waals surface area contributed by atoms with Crippen molar-refractivity contribution in [2.24, 2.45) is 14.1 Å². The van der Waals surface area contributed by atoms with Crippen LogP contribution in [0.5, 0.6) is 11.5 Å². The molecule has 9 nitrogen and oxygen atoms in total. The summed E-state index contributed by atoms with van der Waals surface area (Å²) in [6, 6.07) is 13.8. The number of para-hydroxylation sites is 1. The van der Waals surface area contributed by atoms with Gasteiger partial charge in [0.1, 0.15) is 18.0 Å². The molecule has 4 aromatic rings. The van der Waals surface area contributed by atoms with Crippen molar-refractivity contribution in [3.05, 3.63) is 79.7 Å². The predicted octanol–water partition coefficient (Wildman–Crippen LogP) is 3.17. The summed E-state index contributed by atoms with van der Waals surface area (Å²) >= 11 is 12.2. The van der Waals surface area contributed by atoms with Crippen molar-refractivity contribution in [1.29, 1.82) is 0 Å². The molecule has 0 unspecified atom stereocenters. The Morgan fingerprint density at radius 3 is 2.41 bits per heavy atom. The number of ether oxygens (including phenoxy) is 1. The lowest BCUT2D eigenvalue weighted by Gasteiger charge is -2.10. The summed E-state index contributed by atoms with van der Waals surface area (Å²) < 4.78 is 9.13. The van der Waals surface area contributed by atoms with Crippen LogP contribution in [0.1, 0.15) is 0 Å². The molecule has 4 rings (SSSR count). The number of halogens is 2. The smallest absolute Gasteiger partial charge is 0.332 e. The molecule has 0 aliphatic rings. The van der Waals surface area contributed by atoms with Crippen LogP contribution in [0.25, 0.3) is 11.2 Å². The minimum absolute atomic E-state index is 0.0678. The monoisotopic (exact) mass is 473 g/mol. The Hall–Kier alpha value is -3.56. The van der Waals surface area contributed by atoms with E-state index in [-0.39, 0.29) is 23.0 Å². The average Bonchev–Trinajstić information content (AvgIpc) is 3.10. The van der Waals surface area contributed by atoms with Gasteiger partial charge in [0.2, 0.25) is 11.2 Å². The normalized spacial score (nSPS) is 11.0. The highest BCUT2D eigenvalue weighted by Gasteiger charge is 2.19. The highest BCUT2D eigenvalue weighted by atomic mass is 35.5. The Bertz CT molecular complexity index is 1450. The number of carbonyl (C=O) groups excluding carboxylic acids is 1. The fourth-order valence-electron chi connectivity index (χ4n) is 3.17. The second-order valence-electron chi connectivity index (χ2n) is 6.95. The highest BCUT2D eigenvalue weighted by Crippen LogP contribution is 2.29. The minimum Gasteiger partial charge on any atom is -0.456 e. The van der Waals surface area contributed by atoms with Crippen LogP contribution in [-0.2, 0) is 25.4 Å². The molecule has 1 N–H and O–H groups in total. The Labute approximate surface area is 191 Å². The first-order valence-electron chi connectivity index (χ1n) is 9.40. The Morgan fingerprint density at radius 2 is 1.72 bits per heavy atom. The lowest BCUT2D eigenvalue weighted by molar-refractivity contribution is -0.116.